The first-order chi connectivity index (χ1) is 11.8. The molecule has 0 spiro atoms. The average molecular weight is 363 g/mol. The summed E-state index contributed by atoms with van der Waals surface area (Å²) >= 11 is 0. The lowest BCUT2D eigenvalue weighted by atomic mass is 10.0. The second-order valence-electron chi connectivity index (χ2n) is 6.19. The molecular formula is C17H21N3O4S. The maximum atomic E-state index is 12.0. The Morgan fingerprint density at radius 1 is 1.28 bits per heavy atom. The molecule has 1 aromatic carbocycles. The van der Waals surface area contributed by atoms with Crippen molar-refractivity contribution < 1.29 is 18.3 Å². The zero-order valence-electron chi connectivity index (χ0n) is 14.2. The molecule has 0 amide bonds. The molecule has 1 aliphatic rings. The molecule has 0 saturated carbocycles. The number of sulfonamides is 1. The summed E-state index contributed by atoms with van der Waals surface area (Å²) in [7, 11) is -1.89. The van der Waals surface area contributed by atoms with E-state index < -0.39 is 21.2 Å². The Hall–Kier alpha value is -2.19. The number of carboxylic acids is 1. The molecule has 7 nitrogen and oxygen atoms in total. The van der Waals surface area contributed by atoms with Crippen LogP contribution in [0, 0.1) is 6.92 Å². The van der Waals surface area contributed by atoms with Crippen molar-refractivity contribution in [3.63, 3.8) is 0 Å². The molecule has 2 aromatic rings. The SMILES string of the molecule is CNS(=O)(=O)C1CCN(c2nc3ccccc3c(C)c2C(=O)O)CC1. The number of nitrogens with zero attached hydrogens (tertiary/aromatic N) is 2. The molecule has 8 heteroatoms. The van der Waals surface area contributed by atoms with Crippen LogP contribution in [-0.2, 0) is 10.0 Å². The molecule has 3 rings (SSSR count). The molecule has 0 atom stereocenters. The number of carbonyl (C=O) groups is 1. The van der Waals surface area contributed by atoms with Gasteiger partial charge in [-0.3, -0.25) is 0 Å². The number of piperidine rings is 1. The molecule has 0 bridgehead atoms. The van der Waals surface area contributed by atoms with E-state index in [1.807, 2.05) is 29.2 Å². The van der Waals surface area contributed by atoms with Gasteiger partial charge in [0.1, 0.15) is 11.4 Å². The van der Waals surface area contributed by atoms with Crippen molar-refractivity contribution in [1.29, 1.82) is 0 Å². The van der Waals surface area contributed by atoms with Crippen LogP contribution in [0.25, 0.3) is 10.9 Å². The first-order valence-corrected chi connectivity index (χ1v) is 9.69. The van der Waals surface area contributed by atoms with E-state index in [0.29, 0.717) is 37.3 Å². The molecule has 0 unspecified atom stereocenters. The van der Waals surface area contributed by atoms with Crippen molar-refractivity contribution in [2.75, 3.05) is 25.0 Å². The molecule has 0 aliphatic carbocycles. The third-order valence-corrected chi connectivity index (χ3v) is 6.73. The Bertz CT molecular complexity index is 919. The first kappa shape index (κ1) is 17.6. The van der Waals surface area contributed by atoms with E-state index in [4.69, 9.17) is 0 Å². The third kappa shape index (κ3) is 3.19. The van der Waals surface area contributed by atoms with Gasteiger partial charge < -0.3 is 10.0 Å². The van der Waals surface area contributed by atoms with Crippen molar-refractivity contribution in [2.45, 2.75) is 25.0 Å². The van der Waals surface area contributed by atoms with Gasteiger partial charge in [0.15, 0.2) is 0 Å². The quantitative estimate of drug-likeness (QED) is 0.859. The molecule has 0 radical (unpaired) electrons. The number of fused-ring (bicyclic) bond motifs is 1. The summed E-state index contributed by atoms with van der Waals surface area (Å²) in [6.07, 6.45) is 0.881. The molecule has 25 heavy (non-hydrogen) atoms. The largest absolute Gasteiger partial charge is 0.478 e. The minimum absolute atomic E-state index is 0.189. The number of hydrogen-bond donors (Lipinski definition) is 2. The smallest absolute Gasteiger partial charge is 0.339 e. The molecule has 1 aliphatic heterocycles. The highest BCUT2D eigenvalue weighted by Crippen LogP contribution is 2.31. The van der Waals surface area contributed by atoms with E-state index in [1.54, 1.807) is 6.92 Å². The van der Waals surface area contributed by atoms with E-state index in [-0.39, 0.29) is 5.56 Å². The maximum absolute atomic E-state index is 12.0. The van der Waals surface area contributed by atoms with Gasteiger partial charge in [-0.05, 0) is 38.4 Å². The Kier molecular flexibility index (Phi) is 4.66. The van der Waals surface area contributed by atoms with Crippen molar-refractivity contribution in [2.24, 2.45) is 0 Å². The molecule has 1 fully saturated rings. The van der Waals surface area contributed by atoms with Gasteiger partial charge in [0, 0.05) is 18.5 Å². The number of aromatic carboxylic acids is 1. The third-order valence-electron chi connectivity index (χ3n) is 4.81. The van der Waals surface area contributed by atoms with E-state index in [1.165, 1.54) is 7.05 Å². The fraction of sp³-hybridized carbons (Fsp3) is 0.412. The van der Waals surface area contributed by atoms with E-state index in [0.717, 1.165) is 10.9 Å². The van der Waals surface area contributed by atoms with Crippen LogP contribution >= 0.6 is 0 Å². The van der Waals surface area contributed by atoms with Gasteiger partial charge in [0.2, 0.25) is 10.0 Å². The van der Waals surface area contributed by atoms with Gasteiger partial charge in [-0.15, -0.1) is 0 Å². The summed E-state index contributed by atoms with van der Waals surface area (Å²) in [6, 6.07) is 7.44. The number of rotatable bonds is 4. The topological polar surface area (TPSA) is 99.6 Å². The number of aromatic nitrogens is 1. The Morgan fingerprint density at radius 2 is 1.92 bits per heavy atom. The highest BCUT2D eigenvalue weighted by Gasteiger charge is 2.31. The molecule has 2 heterocycles. The number of nitrogens with one attached hydrogen (secondary N) is 1. The lowest BCUT2D eigenvalue weighted by Gasteiger charge is -2.33. The number of para-hydroxylation sites is 1. The van der Waals surface area contributed by atoms with Crippen molar-refractivity contribution >= 4 is 32.7 Å². The number of anilines is 1. The molecule has 2 N–H and O–H groups in total. The lowest BCUT2D eigenvalue weighted by Crippen LogP contribution is -2.43. The van der Waals surface area contributed by atoms with Crippen LogP contribution < -0.4 is 9.62 Å². The van der Waals surface area contributed by atoms with E-state index in [2.05, 4.69) is 9.71 Å². The predicted octanol–water partition coefficient (Wildman–Crippen LogP) is 1.76. The van der Waals surface area contributed by atoms with Crippen LogP contribution in [-0.4, -0.2) is 49.9 Å². The Morgan fingerprint density at radius 3 is 2.52 bits per heavy atom. The minimum atomic E-state index is -3.31. The van der Waals surface area contributed by atoms with Gasteiger partial charge in [0.25, 0.3) is 0 Å². The molecular weight excluding hydrogens is 342 g/mol. The van der Waals surface area contributed by atoms with Gasteiger partial charge in [-0.25, -0.2) is 22.9 Å². The number of hydrogen-bond acceptors (Lipinski definition) is 5. The minimum Gasteiger partial charge on any atom is -0.478 e. The first-order valence-electron chi connectivity index (χ1n) is 8.15. The van der Waals surface area contributed by atoms with Gasteiger partial charge in [-0.2, -0.15) is 0 Å². The predicted molar refractivity (Wildman–Crippen MR) is 96.7 cm³/mol. The van der Waals surface area contributed by atoms with Gasteiger partial charge in [-0.1, -0.05) is 18.2 Å². The summed E-state index contributed by atoms with van der Waals surface area (Å²) < 4.78 is 26.3. The summed E-state index contributed by atoms with van der Waals surface area (Å²) in [5.41, 5.74) is 1.61. The summed E-state index contributed by atoms with van der Waals surface area (Å²) in [5, 5.41) is 10.0. The number of aryl methyl sites for hydroxylation is 1. The monoisotopic (exact) mass is 363 g/mol. The zero-order valence-corrected chi connectivity index (χ0v) is 15.0. The van der Waals surface area contributed by atoms with Gasteiger partial charge in [0.05, 0.1) is 10.8 Å². The second kappa shape index (κ2) is 6.61. The maximum Gasteiger partial charge on any atom is 0.339 e. The second-order valence-corrected chi connectivity index (χ2v) is 8.36. The highest BCUT2D eigenvalue weighted by molar-refractivity contribution is 7.90. The van der Waals surface area contributed by atoms with Crippen LogP contribution in [0.4, 0.5) is 5.82 Å². The lowest BCUT2D eigenvalue weighted by molar-refractivity contribution is 0.0696. The molecule has 134 valence electrons. The van der Waals surface area contributed by atoms with Crippen LogP contribution in [0.15, 0.2) is 24.3 Å². The van der Waals surface area contributed by atoms with E-state index in [9.17, 15) is 18.3 Å². The standard InChI is InChI=1S/C17H21N3O4S/c1-11-13-5-3-4-6-14(13)19-16(15(11)17(21)22)20-9-7-12(8-10-20)25(23,24)18-2/h3-6,12,18H,7-10H2,1-2H3,(H,21,22). The van der Waals surface area contributed by atoms with Crippen LogP contribution in [0.3, 0.4) is 0 Å². The van der Waals surface area contributed by atoms with Crippen molar-refractivity contribution in [1.82, 2.24) is 9.71 Å². The number of pyridine rings is 1. The normalized spacial score (nSPS) is 16.3. The molecule has 1 saturated heterocycles. The van der Waals surface area contributed by atoms with Crippen molar-refractivity contribution in [3.8, 4) is 0 Å². The molecule has 1 aromatic heterocycles. The van der Waals surface area contributed by atoms with Crippen LogP contribution in [0.5, 0.6) is 0 Å². The summed E-state index contributed by atoms with van der Waals surface area (Å²) in [5.74, 6) is -0.597. The van der Waals surface area contributed by atoms with Crippen LogP contribution in [0.1, 0.15) is 28.8 Å². The van der Waals surface area contributed by atoms with Gasteiger partial charge >= 0.3 is 5.97 Å². The van der Waals surface area contributed by atoms with E-state index >= 15 is 0 Å². The summed E-state index contributed by atoms with van der Waals surface area (Å²) in [4.78, 5) is 18.3. The van der Waals surface area contributed by atoms with Crippen LogP contribution in [0.2, 0.25) is 0 Å². The fourth-order valence-electron chi connectivity index (χ4n) is 3.39. The highest BCUT2D eigenvalue weighted by atomic mass is 32.2. The number of carboxylic acid groups (broad SMARTS) is 1. The fourth-order valence-corrected chi connectivity index (χ4v) is 4.55. The van der Waals surface area contributed by atoms with Crippen molar-refractivity contribution in [3.05, 3.63) is 35.4 Å². The Balaban J connectivity index is 1.99. The summed E-state index contributed by atoms with van der Waals surface area (Å²) in [6.45, 7) is 2.70. The number of benzene rings is 1. The Labute approximate surface area is 146 Å². The zero-order chi connectivity index (χ0) is 18.2. The average Bonchev–Trinajstić information content (AvgIpc) is 2.61.